The highest BCUT2D eigenvalue weighted by molar-refractivity contribution is 9.10. The summed E-state index contributed by atoms with van der Waals surface area (Å²) in [4.78, 5) is 3.74. The first kappa shape index (κ1) is 21.0. The summed E-state index contributed by atoms with van der Waals surface area (Å²) in [5.41, 5.74) is 0.170. The van der Waals surface area contributed by atoms with Crippen molar-refractivity contribution < 1.29 is 17.9 Å². The summed E-state index contributed by atoms with van der Waals surface area (Å²) in [6.07, 6.45) is -3.70. The zero-order valence-corrected chi connectivity index (χ0v) is 18.4. The van der Waals surface area contributed by atoms with Crippen LogP contribution in [0, 0.1) is 0 Å². The van der Waals surface area contributed by atoms with Crippen LogP contribution in [0.4, 0.5) is 13.2 Å². The first-order valence-electron chi connectivity index (χ1n) is 8.83. The molecule has 0 saturated heterocycles. The Kier molecular flexibility index (Phi) is 5.97. The monoisotopic (exact) mass is 471 g/mol. The summed E-state index contributed by atoms with van der Waals surface area (Å²) in [5, 5.41) is 5.10. The van der Waals surface area contributed by atoms with E-state index in [1.807, 2.05) is 12.1 Å². The Labute approximate surface area is 170 Å². The summed E-state index contributed by atoms with van der Waals surface area (Å²) < 4.78 is 48.3. The van der Waals surface area contributed by atoms with Gasteiger partial charge in [-0.05, 0) is 34.1 Å². The van der Waals surface area contributed by atoms with Crippen molar-refractivity contribution in [2.75, 3.05) is 6.61 Å². The van der Waals surface area contributed by atoms with Crippen molar-refractivity contribution >= 4 is 34.9 Å². The van der Waals surface area contributed by atoms with Gasteiger partial charge < -0.3 is 4.74 Å². The highest BCUT2D eigenvalue weighted by Crippen LogP contribution is 2.39. The van der Waals surface area contributed by atoms with Crippen molar-refractivity contribution in [1.82, 2.24) is 14.8 Å². The Balaban J connectivity index is 2.01. The molecule has 0 bridgehead atoms. The van der Waals surface area contributed by atoms with Crippen LogP contribution in [0.5, 0.6) is 0 Å². The molecule has 2 aromatic heterocycles. The predicted octanol–water partition coefficient (Wildman–Crippen LogP) is 6.19. The number of fused-ring (bicyclic) bond motifs is 1. The third kappa shape index (κ3) is 4.82. The molecule has 0 unspecified atom stereocenters. The smallest absolute Gasteiger partial charge is 0.360 e. The minimum atomic E-state index is -4.53. The van der Waals surface area contributed by atoms with Crippen molar-refractivity contribution in [3.8, 4) is 11.3 Å². The fourth-order valence-corrected chi connectivity index (χ4v) is 3.89. The topological polar surface area (TPSA) is 39.9 Å². The molecule has 2 heterocycles. The molecular formula is C19H21BrF3N3OSi. The summed E-state index contributed by atoms with van der Waals surface area (Å²) >= 11 is 3.17. The Morgan fingerprint density at radius 2 is 1.89 bits per heavy atom. The highest BCUT2D eigenvalue weighted by atomic mass is 79.9. The van der Waals surface area contributed by atoms with Gasteiger partial charge in [0.2, 0.25) is 0 Å². The average Bonchev–Trinajstić information content (AvgIpc) is 2.95. The van der Waals surface area contributed by atoms with Crippen molar-refractivity contribution in [2.24, 2.45) is 0 Å². The lowest BCUT2D eigenvalue weighted by molar-refractivity contribution is -0.137. The summed E-state index contributed by atoms with van der Waals surface area (Å²) in [7, 11) is -1.22. The van der Waals surface area contributed by atoms with Crippen LogP contribution in [0.1, 0.15) is 5.56 Å². The summed E-state index contributed by atoms with van der Waals surface area (Å²) in [6, 6.07) is 9.58. The van der Waals surface area contributed by atoms with Crippen LogP contribution >= 0.6 is 15.9 Å². The maximum Gasteiger partial charge on any atom is 0.418 e. The van der Waals surface area contributed by atoms with Crippen LogP contribution in [0.25, 0.3) is 22.2 Å². The van der Waals surface area contributed by atoms with Gasteiger partial charge in [0, 0.05) is 31.8 Å². The maximum absolute atomic E-state index is 13.5. The van der Waals surface area contributed by atoms with Gasteiger partial charge in [0.25, 0.3) is 0 Å². The van der Waals surface area contributed by atoms with Crippen LogP contribution in [0.15, 0.2) is 41.1 Å². The van der Waals surface area contributed by atoms with Crippen LogP contribution in [-0.4, -0.2) is 29.4 Å². The van der Waals surface area contributed by atoms with E-state index in [0.717, 1.165) is 17.8 Å². The van der Waals surface area contributed by atoms with Crippen LogP contribution < -0.4 is 0 Å². The van der Waals surface area contributed by atoms with Crippen molar-refractivity contribution in [2.45, 2.75) is 38.6 Å². The molecule has 150 valence electrons. The largest absolute Gasteiger partial charge is 0.418 e. The normalized spacial score (nSPS) is 12.7. The molecule has 0 atom stereocenters. The number of para-hydroxylation sites is 1. The van der Waals surface area contributed by atoms with E-state index in [4.69, 9.17) is 4.74 Å². The van der Waals surface area contributed by atoms with E-state index >= 15 is 0 Å². The van der Waals surface area contributed by atoms with Crippen LogP contribution in [-0.2, 0) is 17.6 Å². The molecule has 0 amide bonds. The molecule has 9 heteroatoms. The fourth-order valence-electron chi connectivity index (χ4n) is 2.81. The zero-order valence-electron chi connectivity index (χ0n) is 15.8. The summed E-state index contributed by atoms with van der Waals surface area (Å²) in [5.74, 6) is 0. The molecule has 1 aromatic carbocycles. The number of ether oxygens (including phenoxy) is 1. The molecule has 3 aromatic rings. The molecule has 3 rings (SSSR count). The van der Waals surface area contributed by atoms with E-state index in [1.165, 1.54) is 6.07 Å². The number of hydrogen-bond donors (Lipinski definition) is 0. The van der Waals surface area contributed by atoms with Gasteiger partial charge >= 0.3 is 6.18 Å². The van der Waals surface area contributed by atoms with Crippen LogP contribution in [0.3, 0.4) is 0 Å². The lowest BCUT2D eigenvalue weighted by atomic mass is 10.0. The van der Waals surface area contributed by atoms with Gasteiger partial charge in [0.15, 0.2) is 0 Å². The lowest BCUT2D eigenvalue weighted by Crippen LogP contribution is -2.22. The van der Waals surface area contributed by atoms with Gasteiger partial charge in [-0.2, -0.15) is 18.3 Å². The van der Waals surface area contributed by atoms with Gasteiger partial charge in [-0.25, -0.2) is 9.67 Å². The molecular weight excluding hydrogens is 451 g/mol. The third-order valence-electron chi connectivity index (χ3n) is 4.30. The molecule has 0 N–H and O–H groups in total. The van der Waals surface area contributed by atoms with Gasteiger partial charge in [0.1, 0.15) is 17.0 Å². The molecule has 0 spiro atoms. The minimum Gasteiger partial charge on any atom is -0.360 e. The van der Waals surface area contributed by atoms with Gasteiger partial charge in [-0.3, -0.25) is 0 Å². The molecule has 0 aliphatic heterocycles. The van der Waals surface area contributed by atoms with E-state index in [1.54, 1.807) is 16.8 Å². The third-order valence-corrected chi connectivity index (χ3v) is 6.44. The first-order chi connectivity index (χ1) is 13.1. The number of aromatic nitrogens is 3. The molecule has 0 fully saturated rings. The Morgan fingerprint density at radius 3 is 2.57 bits per heavy atom. The standard InChI is InChI=1S/C19H21BrF3N3OSi/c1-28(2,3)9-8-27-12-26-16-7-5-4-6-13(16)18(25-26)14-10-17(20)24-11-15(14)19(21,22)23/h4-7,10-11H,8-9,12H2,1-3H3. The Morgan fingerprint density at radius 1 is 1.18 bits per heavy atom. The van der Waals surface area contributed by atoms with Crippen molar-refractivity contribution in [1.29, 1.82) is 0 Å². The number of halogens is 4. The van der Waals surface area contributed by atoms with E-state index in [0.29, 0.717) is 16.6 Å². The van der Waals surface area contributed by atoms with E-state index in [-0.39, 0.29) is 18.0 Å². The first-order valence-corrected chi connectivity index (χ1v) is 13.3. The van der Waals surface area contributed by atoms with E-state index in [2.05, 4.69) is 45.7 Å². The van der Waals surface area contributed by atoms with E-state index in [9.17, 15) is 13.2 Å². The molecule has 0 radical (unpaired) electrons. The second kappa shape index (κ2) is 7.96. The predicted molar refractivity (Wildman–Crippen MR) is 110 cm³/mol. The average molecular weight is 472 g/mol. The SMILES string of the molecule is C[Si](C)(C)CCOCn1nc(-c2cc(Br)ncc2C(F)(F)F)c2ccccc21. The molecule has 0 saturated carbocycles. The molecule has 28 heavy (non-hydrogen) atoms. The quantitative estimate of drug-likeness (QED) is 0.244. The number of pyridine rings is 1. The van der Waals surface area contributed by atoms with Gasteiger partial charge in [0.05, 0.1) is 11.1 Å². The number of hydrogen-bond acceptors (Lipinski definition) is 3. The second-order valence-corrected chi connectivity index (χ2v) is 14.2. The Hall–Kier alpha value is -1.71. The minimum absolute atomic E-state index is 0.00794. The Bertz CT molecular complexity index is 983. The summed E-state index contributed by atoms with van der Waals surface area (Å²) in [6.45, 7) is 7.58. The van der Waals surface area contributed by atoms with Crippen molar-refractivity contribution in [3.05, 3.63) is 46.7 Å². The highest BCUT2D eigenvalue weighted by Gasteiger charge is 2.35. The number of benzene rings is 1. The van der Waals surface area contributed by atoms with Gasteiger partial charge in [-0.15, -0.1) is 0 Å². The van der Waals surface area contributed by atoms with Crippen molar-refractivity contribution in [3.63, 3.8) is 0 Å². The van der Waals surface area contributed by atoms with E-state index < -0.39 is 19.8 Å². The van der Waals surface area contributed by atoms with Crippen LogP contribution in [0.2, 0.25) is 25.7 Å². The molecule has 0 aliphatic rings. The zero-order chi connectivity index (χ0) is 20.5. The molecule has 4 nitrogen and oxygen atoms in total. The maximum atomic E-state index is 13.5. The number of alkyl halides is 3. The number of nitrogens with zero attached hydrogens (tertiary/aromatic N) is 3. The van der Waals surface area contributed by atoms with Gasteiger partial charge in [-0.1, -0.05) is 37.8 Å². The molecule has 0 aliphatic carbocycles. The fraction of sp³-hybridized carbons (Fsp3) is 0.368. The second-order valence-electron chi connectivity index (χ2n) is 7.76. The lowest BCUT2D eigenvalue weighted by Gasteiger charge is -2.15. The number of rotatable bonds is 6.